The Morgan fingerprint density at radius 1 is 1.04 bits per heavy atom. The van der Waals surface area contributed by atoms with Crippen LogP contribution in [0.2, 0.25) is 0 Å². The quantitative estimate of drug-likeness (QED) is 0.0829. The molecule has 0 aliphatic carbocycles. The third-order valence-corrected chi connectivity index (χ3v) is 9.23. The predicted octanol–water partition coefficient (Wildman–Crippen LogP) is 7.83. The minimum atomic E-state index is -0.941. The number of ether oxygens (including phenoxy) is 3. The number of rotatable bonds is 10. The van der Waals surface area contributed by atoms with Crippen molar-refractivity contribution in [3.63, 3.8) is 0 Å². The molecule has 1 saturated heterocycles. The number of aryl methyl sites for hydroxylation is 2. The van der Waals surface area contributed by atoms with E-state index >= 15 is 0 Å². The van der Waals surface area contributed by atoms with Crippen LogP contribution in [-0.2, 0) is 16.0 Å². The van der Waals surface area contributed by atoms with Gasteiger partial charge in [-0.05, 0) is 92.8 Å². The number of ketones is 1. The Labute approximate surface area is 267 Å². The van der Waals surface area contributed by atoms with Gasteiger partial charge < -0.3 is 19.3 Å². The number of unbranched alkanes of at least 4 members (excludes halogenated alkanes) is 2. The van der Waals surface area contributed by atoms with Crippen molar-refractivity contribution >= 4 is 44.1 Å². The van der Waals surface area contributed by atoms with Crippen molar-refractivity contribution in [2.75, 3.05) is 18.1 Å². The molecule has 0 bridgehead atoms. The number of aliphatic hydroxyl groups excluding tert-OH is 1. The van der Waals surface area contributed by atoms with Crippen LogP contribution in [0.4, 0.5) is 5.13 Å². The van der Waals surface area contributed by atoms with Gasteiger partial charge in [-0.3, -0.25) is 14.5 Å². The van der Waals surface area contributed by atoms with Gasteiger partial charge in [0.05, 0.1) is 35.0 Å². The molecule has 2 atom stereocenters. The average Bonchev–Trinajstić information content (AvgIpc) is 3.68. The van der Waals surface area contributed by atoms with Gasteiger partial charge >= 0.3 is 5.91 Å². The number of aliphatic hydroxyl groups is 1. The minimum Gasteiger partial charge on any atom is -0.507 e. The first-order valence-electron chi connectivity index (χ1n) is 15.6. The first-order valence-corrected chi connectivity index (χ1v) is 16.4. The number of nitrogens with zero attached hydrogens (tertiary/aromatic N) is 2. The second kappa shape index (κ2) is 12.6. The van der Waals surface area contributed by atoms with E-state index in [1.165, 1.54) is 16.2 Å². The molecular weight excluding hydrogens is 588 g/mol. The van der Waals surface area contributed by atoms with Crippen LogP contribution >= 0.6 is 11.3 Å². The highest BCUT2D eigenvalue weighted by atomic mass is 32.1. The molecule has 9 heteroatoms. The number of aromatic nitrogens is 1. The normalized spacial score (nSPS) is 18.8. The molecule has 2 aliphatic rings. The SMILES string of the molecule is CCCCCOc1ccc([C@H]2C(=C(O)c3ccc4c(c3)C[C@@H](C)O4)C(=O)C(=O)N2c2nc3c(C)cc(C)cc3s2)cc1OCC. The first kappa shape index (κ1) is 30.6. The van der Waals surface area contributed by atoms with Crippen LogP contribution < -0.4 is 19.1 Å². The number of hydrogen-bond acceptors (Lipinski definition) is 8. The van der Waals surface area contributed by atoms with Gasteiger partial charge in [0.25, 0.3) is 5.78 Å². The summed E-state index contributed by atoms with van der Waals surface area (Å²) in [6, 6.07) is 13.9. The highest BCUT2D eigenvalue weighted by Crippen LogP contribution is 2.46. The molecule has 0 saturated carbocycles. The number of amides is 1. The Morgan fingerprint density at radius 3 is 2.64 bits per heavy atom. The molecule has 234 valence electrons. The van der Waals surface area contributed by atoms with E-state index in [-0.39, 0.29) is 17.4 Å². The highest BCUT2D eigenvalue weighted by molar-refractivity contribution is 7.22. The van der Waals surface area contributed by atoms with Gasteiger partial charge in [0, 0.05) is 12.0 Å². The lowest BCUT2D eigenvalue weighted by molar-refractivity contribution is -0.132. The molecule has 1 N–H and O–H groups in total. The third-order valence-electron chi connectivity index (χ3n) is 8.23. The number of carbonyl (C=O) groups excluding carboxylic acids is 2. The van der Waals surface area contributed by atoms with Gasteiger partial charge in [0.1, 0.15) is 17.6 Å². The van der Waals surface area contributed by atoms with E-state index in [0.717, 1.165) is 51.9 Å². The maximum Gasteiger partial charge on any atom is 0.301 e. The molecule has 3 aromatic carbocycles. The van der Waals surface area contributed by atoms with Crippen molar-refractivity contribution in [1.29, 1.82) is 0 Å². The molecule has 8 nitrogen and oxygen atoms in total. The largest absolute Gasteiger partial charge is 0.507 e. The van der Waals surface area contributed by atoms with Gasteiger partial charge in [0.2, 0.25) is 0 Å². The lowest BCUT2D eigenvalue weighted by atomic mass is 9.94. The topological polar surface area (TPSA) is 98.2 Å². The summed E-state index contributed by atoms with van der Waals surface area (Å²) < 4.78 is 18.8. The predicted molar refractivity (Wildman–Crippen MR) is 177 cm³/mol. The van der Waals surface area contributed by atoms with Crippen molar-refractivity contribution in [2.24, 2.45) is 0 Å². The van der Waals surface area contributed by atoms with Crippen LogP contribution in [-0.4, -0.2) is 41.1 Å². The molecule has 3 heterocycles. The maximum atomic E-state index is 13.9. The molecule has 2 aliphatic heterocycles. The fraction of sp³-hybridized carbons (Fsp3) is 0.361. The Balaban J connectivity index is 1.50. The Bertz CT molecular complexity index is 1830. The number of Topliss-reactive ketones (excluding diaryl/α,β-unsaturated/α-hetero) is 1. The summed E-state index contributed by atoms with van der Waals surface area (Å²) in [6.07, 6.45) is 3.78. The first-order chi connectivity index (χ1) is 21.7. The van der Waals surface area contributed by atoms with Gasteiger partial charge in [0.15, 0.2) is 16.6 Å². The van der Waals surface area contributed by atoms with Gasteiger partial charge in [-0.15, -0.1) is 0 Å². The Kier molecular flexibility index (Phi) is 8.55. The fourth-order valence-electron chi connectivity index (χ4n) is 6.15. The molecule has 0 unspecified atom stereocenters. The summed E-state index contributed by atoms with van der Waals surface area (Å²) in [6.45, 7) is 11.0. The number of hydrogen-bond donors (Lipinski definition) is 1. The lowest BCUT2D eigenvalue weighted by Gasteiger charge is -2.24. The van der Waals surface area contributed by atoms with Crippen LogP contribution in [0.15, 0.2) is 54.1 Å². The van der Waals surface area contributed by atoms with E-state index in [0.29, 0.717) is 47.4 Å². The second-order valence-corrected chi connectivity index (χ2v) is 12.8. The smallest absolute Gasteiger partial charge is 0.301 e. The third kappa shape index (κ3) is 5.77. The average molecular weight is 627 g/mol. The minimum absolute atomic E-state index is 0.00173. The number of anilines is 1. The van der Waals surface area contributed by atoms with Crippen molar-refractivity contribution < 1.29 is 28.9 Å². The second-order valence-electron chi connectivity index (χ2n) is 11.7. The Morgan fingerprint density at radius 2 is 1.87 bits per heavy atom. The van der Waals surface area contributed by atoms with Crippen LogP contribution in [0, 0.1) is 13.8 Å². The molecular formula is C36H38N2O6S. The van der Waals surface area contributed by atoms with Crippen LogP contribution in [0.1, 0.15) is 73.9 Å². The zero-order valence-corrected chi connectivity index (χ0v) is 27.1. The van der Waals surface area contributed by atoms with Gasteiger partial charge in [-0.1, -0.05) is 43.2 Å². The summed E-state index contributed by atoms with van der Waals surface area (Å²) in [7, 11) is 0. The maximum absolute atomic E-state index is 13.9. The number of carbonyl (C=O) groups is 2. The zero-order chi connectivity index (χ0) is 31.8. The van der Waals surface area contributed by atoms with Gasteiger partial charge in [-0.2, -0.15) is 0 Å². The molecule has 0 radical (unpaired) electrons. The standard InChI is InChI=1S/C36H38N2O6S/c1-6-8-9-14-43-27-13-10-23(19-28(27)42-7-2)32-30(33(39)24-11-12-26-25(18-24)17-22(5)44-26)34(40)35(41)38(32)36-37-31-21(4)15-20(3)16-29(31)45-36/h10-13,15-16,18-19,22,32,39H,6-9,14,17H2,1-5H3/t22-,32+/m1/s1. The van der Waals surface area contributed by atoms with Crippen molar-refractivity contribution in [3.05, 3.63) is 81.9 Å². The summed E-state index contributed by atoms with van der Waals surface area (Å²) >= 11 is 1.35. The molecule has 4 aromatic rings. The molecule has 45 heavy (non-hydrogen) atoms. The molecule has 1 fully saturated rings. The van der Waals surface area contributed by atoms with Crippen molar-refractivity contribution in [3.8, 4) is 17.2 Å². The fourth-order valence-corrected chi connectivity index (χ4v) is 7.32. The summed E-state index contributed by atoms with van der Waals surface area (Å²) in [4.78, 5) is 34.0. The highest BCUT2D eigenvalue weighted by Gasteiger charge is 2.48. The lowest BCUT2D eigenvalue weighted by Crippen LogP contribution is -2.29. The molecule has 1 amide bonds. The monoisotopic (exact) mass is 626 g/mol. The van der Waals surface area contributed by atoms with Crippen LogP contribution in [0.3, 0.4) is 0 Å². The van der Waals surface area contributed by atoms with Gasteiger partial charge in [-0.25, -0.2) is 4.98 Å². The Hall–Kier alpha value is -4.37. The molecule has 0 spiro atoms. The zero-order valence-electron chi connectivity index (χ0n) is 26.3. The number of fused-ring (bicyclic) bond motifs is 2. The van der Waals surface area contributed by atoms with E-state index in [4.69, 9.17) is 19.2 Å². The van der Waals surface area contributed by atoms with Crippen molar-refractivity contribution in [2.45, 2.75) is 72.4 Å². The van der Waals surface area contributed by atoms with E-state index in [9.17, 15) is 14.7 Å². The summed E-state index contributed by atoms with van der Waals surface area (Å²) in [5.74, 6) is 0.101. The van der Waals surface area contributed by atoms with Crippen LogP contribution in [0.25, 0.3) is 16.0 Å². The van der Waals surface area contributed by atoms with E-state index in [1.54, 1.807) is 18.2 Å². The molecule has 6 rings (SSSR count). The molecule has 1 aromatic heterocycles. The summed E-state index contributed by atoms with van der Waals surface area (Å²) in [5, 5.41) is 12.2. The van der Waals surface area contributed by atoms with E-state index < -0.39 is 17.7 Å². The number of thiazole rings is 1. The van der Waals surface area contributed by atoms with E-state index in [2.05, 4.69) is 6.92 Å². The number of benzene rings is 3. The van der Waals surface area contributed by atoms with E-state index in [1.807, 2.05) is 58.0 Å². The van der Waals surface area contributed by atoms with Crippen molar-refractivity contribution in [1.82, 2.24) is 4.98 Å². The van der Waals surface area contributed by atoms with Crippen LogP contribution in [0.5, 0.6) is 17.2 Å². The summed E-state index contributed by atoms with van der Waals surface area (Å²) in [5.41, 5.74) is 4.84.